The highest BCUT2D eigenvalue weighted by atomic mass is 32.2. The summed E-state index contributed by atoms with van der Waals surface area (Å²) in [7, 11) is -3.94. The quantitative estimate of drug-likeness (QED) is 0.571. The van der Waals surface area contributed by atoms with Crippen LogP contribution in [0.1, 0.15) is 25.2 Å². The molecule has 3 aromatic rings. The number of amides is 1. The van der Waals surface area contributed by atoms with Crippen molar-refractivity contribution < 1.29 is 17.8 Å². The van der Waals surface area contributed by atoms with E-state index in [1.165, 1.54) is 12.1 Å². The molecule has 2 aromatic carbocycles. The summed E-state index contributed by atoms with van der Waals surface area (Å²) in [5.41, 5.74) is 4.48. The standard InChI is InChI=1S/C23H25N3O3S/c1-3-19-14-18(17-10-6-5-7-11-17)15-20(4-2)26(19)16-23(27)25-21-12-8-9-13-22(21)30(24,28)29/h5-15H,3-4,16H2,1-2H3,(H2-,24,25,27,28,29)/p+1. The fraction of sp³-hybridized carbons (Fsp3) is 0.217. The van der Waals surface area contributed by atoms with Crippen LogP contribution in [0.25, 0.3) is 11.1 Å². The van der Waals surface area contributed by atoms with E-state index in [0.29, 0.717) is 0 Å². The van der Waals surface area contributed by atoms with Gasteiger partial charge in [-0.1, -0.05) is 56.3 Å². The zero-order valence-electron chi connectivity index (χ0n) is 17.1. The van der Waals surface area contributed by atoms with Gasteiger partial charge in [-0.3, -0.25) is 4.79 Å². The predicted molar refractivity (Wildman–Crippen MR) is 117 cm³/mol. The normalized spacial score (nSPS) is 11.3. The minimum absolute atomic E-state index is 0.0837. The van der Waals surface area contributed by atoms with Crippen LogP contribution in [0.15, 0.2) is 71.6 Å². The molecule has 3 N–H and O–H groups in total. The molecule has 0 saturated heterocycles. The number of sulfonamides is 1. The number of para-hydroxylation sites is 1. The maximum Gasteiger partial charge on any atom is 0.290 e. The van der Waals surface area contributed by atoms with E-state index in [-0.39, 0.29) is 23.0 Å². The van der Waals surface area contributed by atoms with Crippen molar-refractivity contribution in [3.8, 4) is 11.1 Å². The number of carbonyl (C=O) groups excluding carboxylic acids is 1. The molecule has 156 valence electrons. The fourth-order valence-corrected chi connectivity index (χ4v) is 4.17. The van der Waals surface area contributed by atoms with E-state index in [9.17, 15) is 13.2 Å². The van der Waals surface area contributed by atoms with Crippen LogP contribution in [-0.2, 0) is 34.2 Å². The number of nitrogens with zero attached hydrogens (tertiary/aromatic N) is 1. The molecule has 0 bridgehead atoms. The van der Waals surface area contributed by atoms with Crippen molar-refractivity contribution in [2.45, 2.75) is 38.1 Å². The third-order valence-corrected chi connectivity index (χ3v) is 5.91. The second-order valence-electron chi connectivity index (χ2n) is 6.98. The van der Waals surface area contributed by atoms with Gasteiger partial charge < -0.3 is 5.32 Å². The molecule has 0 unspecified atom stereocenters. The number of benzene rings is 2. The maximum atomic E-state index is 12.8. The van der Waals surface area contributed by atoms with Crippen molar-refractivity contribution >= 4 is 21.6 Å². The van der Waals surface area contributed by atoms with Crippen LogP contribution in [0.4, 0.5) is 5.69 Å². The van der Waals surface area contributed by atoms with Gasteiger partial charge >= 0.3 is 0 Å². The van der Waals surface area contributed by atoms with E-state index >= 15 is 0 Å². The summed E-state index contributed by atoms with van der Waals surface area (Å²) in [5.74, 6) is -0.312. The van der Waals surface area contributed by atoms with Gasteiger partial charge in [-0.05, 0) is 23.3 Å². The smallest absolute Gasteiger partial charge is 0.290 e. The summed E-state index contributed by atoms with van der Waals surface area (Å²) in [6.45, 7) is 4.18. The first-order valence-electron chi connectivity index (χ1n) is 9.86. The van der Waals surface area contributed by atoms with Crippen LogP contribution in [-0.4, -0.2) is 14.3 Å². The second-order valence-corrected chi connectivity index (χ2v) is 8.51. The number of hydrogen-bond donors (Lipinski definition) is 2. The first-order chi connectivity index (χ1) is 14.3. The van der Waals surface area contributed by atoms with E-state index in [4.69, 9.17) is 5.14 Å². The first kappa shape index (κ1) is 21.7. The molecule has 0 radical (unpaired) electrons. The van der Waals surface area contributed by atoms with Crippen LogP contribution in [0, 0.1) is 0 Å². The summed E-state index contributed by atoms with van der Waals surface area (Å²) < 4.78 is 25.6. The SMILES string of the molecule is CCc1cc(-c2ccccc2)cc(CC)[n+]1CC(=O)Nc1ccccc1S(N)(=O)=O. The molecule has 1 aromatic heterocycles. The van der Waals surface area contributed by atoms with Gasteiger partial charge in [0.05, 0.1) is 5.69 Å². The van der Waals surface area contributed by atoms with Crippen molar-refractivity contribution in [3.63, 3.8) is 0 Å². The van der Waals surface area contributed by atoms with Gasteiger partial charge in [-0.15, -0.1) is 0 Å². The van der Waals surface area contributed by atoms with E-state index < -0.39 is 10.0 Å². The number of nitrogens with two attached hydrogens (primary N) is 1. The number of aromatic nitrogens is 1. The number of nitrogens with one attached hydrogen (secondary N) is 1. The average Bonchev–Trinajstić information content (AvgIpc) is 2.74. The summed E-state index contributed by atoms with van der Waals surface area (Å²) in [5, 5.41) is 7.96. The predicted octanol–water partition coefficient (Wildman–Crippen LogP) is 3.05. The lowest BCUT2D eigenvalue weighted by Crippen LogP contribution is -2.47. The van der Waals surface area contributed by atoms with Crippen LogP contribution in [0.5, 0.6) is 0 Å². The Morgan fingerprint density at radius 3 is 2.03 bits per heavy atom. The molecule has 3 rings (SSSR count). The number of aryl methyl sites for hydroxylation is 2. The van der Waals surface area contributed by atoms with E-state index in [0.717, 1.165) is 35.4 Å². The highest BCUT2D eigenvalue weighted by Crippen LogP contribution is 2.21. The lowest BCUT2D eigenvalue weighted by atomic mass is 10.0. The Hall–Kier alpha value is -3.03. The Labute approximate surface area is 177 Å². The molecule has 30 heavy (non-hydrogen) atoms. The van der Waals surface area contributed by atoms with Crippen molar-refractivity contribution in [3.05, 3.63) is 78.1 Å². The zero-order valence-corrected chi connectivity index (χ0v) is 17.9. The lowest BCUT2D eigenvalue weighted by molar-refractivity contribution is -0.698. The zero-order chi connectivity index (χ0) is 21.7. The molecule has 0 spiro atoms. The van der Waals surface area contributed by atoms with Crippen molar-refractivity contribution in [2.24, 2.45) is 5.14 Å². The Morgan fingerprint density at radius 1 is 0.900 bits per heavy atom. The van der Waals surface area contributed by atoms with Crippen molar-refractivity contribution in [2.75, 3.05) is 5.32 Å². The third-order valence-electron chi connectivity index (χ3n) is 4.94. The van der Waals surface area contributed by atoms with Gasteiger partial charge in [0.15, 0.2) is 11.4 Å². The number of hydrogen-bond acceptors (Lipinski definition) is 3. The molecule has 0 saturated carbocycles. The molecule has 0 aliphatic carbocycles. The van der Waals surface area contributed by atoms with Crippen LogP contribution in [0.2, 0.25) is 0 Å². The molecule has 0 atom stereocenters. The molecule has 6 nitrogen and oxygen atoms in total. The van der Waals surface area contributed by atoms with E-state index in [2.05, 4.69) is 29.6 Å². The van der Waals surface area contributed by atoms with E-state index in [1.807, 2.05) is 36.6 Å². The second kappa shape index (κ2) is 9.19. The van der Waals surface area contributed by atoms with Gasteiger partial charge in [0, 0.05) is 25.0 Å². The molecule has 0 fully saturated rings. The lowest BCUT2D eigenvalue weighted by Gasteiger charge is -2.12. The van der Waals surface area contributed by atoms with Crippen LogP contribution < -0.4 is 15.0 Å². The Bertz CT molecular complexity index is 1130. The number of pyridine rings is 1. The Balaban J connectivity index is 1.92. The summed E-state index contributed by atoms with van der Waals surface area (Å²) in [6, 6.07) is 20.4. The number of anilines is 1. The first-order valence-corrected chi connectivity index (χ1v) is 11.4. The highest BCUT2D eigenvalue weighted by Gasteiger charge is 2.22. The molecular formula is C23H26N3O3S+. The number of primary sulfonamides is 1. The molecule has 1 amide bonds. The van der Waals surface area contributed by atoms with Gasteiger partial charge in [0.2, 0.25) is 16.6 Å². The van der Waals surface area contributed by atoms with Crippen LogP contribution >= 0.6 is 0 Å². The fourth-order valence-electron chi connectivity index (χ4n) is 3.48. The monoisotopic (exact) mass is 424 g/mol. The van der Waals surface area contributed by atoms with Gasteiger partial charge in [-0.25, -0.2) is 13.6 Å². The Kier molecular flexibility index (Phi) is 6.64. The van der Waals surface area contributed by atoms with E-state index in [1.54, 1.807) is 12.1 Å². The minimum Gasteiger partial charge on any atom is -0.319 e. The summed E-state index contributed by atoms with van der Waals surface area (Å²) in [6.07, 6.45) is 1.52. The molecular weight excluding hydrogens is 398 g/mol. The topological polar surface area (TPSA) is 93.1 Å². The number of carbonyl (C=O) groups is 1. The van der Waals surface area contributed by atoms with Gasteiger partial charge in [0.25, 0.3) is 5.91 Å². The molecule has 7 heteroatoms. The van der Waals surface area contributed by atoms with Crippen LogP contribution in [0.3, 0.4) is 0 Å². The van der Waals surface area contributed by atoms with Gasteiger partial charge in [-0.2, -0.15) is 4.57 Å². The molecule has 0 aliphatic heterocycles. The van der Waals surface area contributed by atoms with Gasteiger partial charge in [0.1, 0.15) is 4.90 Å². The summed E-state index contributed by atoms with van der Waals surface area (Å²) in [4.78, 5) is 12.7. The summed E-state index contributed by atoms with van der Waals surface area (Å²) >= 11 is 0. The largest absolute Gasteiger partial charge is 0.319 e. The maximum absolute atomic E-state index is 12.8. The Morgan fingerprint density at radius 2 is 1.47 bits per heavy atom. The van der Waals surface area contributed by atoms with Crippen molar-refractivity contribution in [1.29, 1.82) is 0 Å². The average molecular weight is 425 g/mol. The molecule has 0 aliphatic rings. The number of rotatable bonds is 7. The molecule has 1 heterocycles. The third kappa shape index (κ3) is 4.93. The minimum atomic E-state index is -3.94. The van der Waals surface area contributed by atoms with Crippen molar-refractivity contribution in [1.82, 2.24) is 0 Å². The highest BCUT2D eigenvalue weighted by molar-refractivity contribution is 7.89.